The lowest BCUT2D eigenvalue weighted by Crippen LogP contribution is -2.40. The fourth-order valence-electron chi connectivity index (χ4n) is 2.83. The third-order valence-electron chi connectivity index (χ3n) is 4.28. The molecule has 2 aromatic rings. The van der Waals surface area contributed by atoms with Gasteiger partial charge in [-0.25, -0.2) is 0 Å². The van der Waals surface area contributed by atoms with E-state index in [4.69, 9.17) is 16.3 Å². The van der Waals surface area contributed by atoms with E-state index in [1.807, 2.05) is 24.3 Å². The Morgan fingerprint density at radius 2 is 1.73 bits per heavy atom. The van der Waals surface area contributed by atoms with Crippen LogP contribution in [0, 0.1) is 0 Å². The predicted octanol–water partition coefficient (Wildman–Crippen LogP) is 2.78. The van der Waals surface area contributed by atoms with Crippen LogP contribution in [0.3, 0.4) is 0 Å². The fourth-order valence-corrected chi connectivity index (χ4v) is 3.04. The monoisotopic (exact) mass is 372 g/mol. The van der Waals surface area contributed by atoms with E-state index in [9.17, 15) is 9.59 Å². The molecule has 1 aliphatic heterocycles. The largest absolute Gasteiger partial charge is 0.378 e. The molecule has 0 aliphatic carbocycles. The van der Waals surface area contributed by atoms with E-state index in [2.05, 4.69) is 5.32 Å². The first-order valence-corrected chi connectivity index (χ1v) is 9.01. The number of morpholine rings is 1. The number of benzene rings is 2. The van der Waals surface area contributed by atoms with Crippen LogP contribution in [0.4, 0.5) is 0 Å². The molecule has 1 N–H and O–H groups in total. The molecule has 1 aliphatic rings. The third kappa shape index (κ3) is 4.84. The minimum atomic E-state index is -0.155. The van der Waals surface area contributed by atoms with Gasteiger partial charge in [0.1, 0.15) is 0 Å². The van der Waals surface area contributed by atoms with Gasteiger partial charge in [-0.05, 0) is 48.4 Å². The van der Waals surface area contributed by atoms with Crippen molar-refractivity contribution in [1.82, 2.24) is 10.2 Å². The molecule has 26 heavy (non-hydrogen) atoms. The SMILES string of the molecule is O=C(NCCc1cccc(Cl)c1)c1ccc(C(=O)N2CCOCC2)cc1. The van der Waals surface area contributed by atoms with E-state index in [0.29, 0.717) is 55.4 Å². The van der Waals surface area contributed by atoms with Gasteiger partial charge in [-0.1, -0.05) is 23.7 Å². The van der Waals surface area contributed by atoms with Crippen molar-refractivity contribution in [2.45, 2.75) is 6.42 Å². The summed E-state index contributed by atoms with van der Waals surface area (Å²) in [5.41, 5.74) is 2.20. The summed E-state index contributed by atoms with van der Waals surface area (Å²) in [5.74, 6) is -0.182. The average Bonchev–Trinajstić information content (AvgIpc) is 2.68. The quantitative estimate of drug-likeness (QED) is 0.878. The molecule has 0 atom stereocenters. The second-order valence-corrected chi connectivity index (χ2v) is 6.55. The van der Waals surface area contributed by atoms with Crippen molar-refractivity contribution < 1.29 is 14.3 Å². The van der Waals surface area contributed by atoms with E-state index in [1.54, 1.807) is 29.2 Å². The Hall–Kier alpha value is -2.37. The van der Waals surface area contributed by atoms with Crippen LogP contribution in [0.2, 0.25) is 5.02 Å². The molecule has 0 saturated carbocycles. The highest BCUT2D eigenvalue weighted by atomic mass is 35.5. The molecular formula is C20H21ClN2O3. The number of amides is 2. The number of ether oxygens (including phenoxy) is 1. The number of carbonyl (C=O) groups is 2. The maximum absolute atomic E-state index is 12.4. The van der Waals surface area contributed by atoms with Crippen molar-refractivity contribution in [3.05, 3.63) is 70.2 Å². The van der Waals surface area contributed by atoms with Crippen molar-refractivity contribution in [2.75, 3.05) is 32.8 Å². The van der Waals surface area contributed by atoms with E-state index < -0.39 is 0 Å². The van der Waals surface area contributed by atoms with Gasteiger partial charge in [-0.15, -0.1) is 0 Å². The zero-order valence-electron chi connectivity index (χ0n) is 14.4. The molecule has 1 saturated heterocycles. The first kappa shape index (κ1) is 18.4. The Morgan fingerprint density at radius 1 is 1.04 bits per heavy atom. The van der Waals surface area contributed by atoms with E-state index in [1.165, 1.54) is 0 Å². The summed E-state index contributed by atoms with van der Waals surface area (Å²) in [4.78, 5) is 26.4. The Bertz CT molecular complexity index is 771. The summed E-state index contributed by atoms with van der Waals surface area (Å²) in [5, 5.41) is 3.57. The van der Waals surface area contributed by atoms with Crippen LogP contribution < -0.4 is 5.32 Å². The highest BCUT2D eigenvalue weighted by Crippen LogP contribution is 2.12. The minimum Gasteiger partial charge on any atom is -0.378 e. The molecule has 136 valence electrons. The van der Waals surface area contributed by atoms with Crippen molar-refractivity contribution in [2.24, 2.45) is 0 Å². The molecule has 0 spiro atoms. The Morgan fingerprint density at radius 3 is 2.42 bits per heavy atom. The first-order valence-electron chi connectivity index (χ1n) is 8.63. The summed E-state index contributed by atoms with van der Waals surface area (Å²) in [6, 6.07) is 14.3. The van der Waals surface area contributed by atoms with Crippen molar-refractivity contribution in [3.8, 4) is 0 Å². The summed E-state index contributed by atoms with van der Waals surface area (Å²) >= 11 is 5.95. The van der Waals surface area contributed by atoms with Gasteiger partial charge in [0.05, 0.1) is 13.2 Å². The molecule has 2 amide bonds. The molecule has 0 bridgehead atoms. The van der Waals surface area contributed by atoms with E-state index in [0.717, 1.165) is 5.56 Å². The van der Waals surface area contributed by atoms with Gasteiger partial charge in [0.25, 0.3) is 11.8 Å². The second kappa shape index (κ2) is 8.83. The standard InChI is InChI=1S/C20H21ClN2O3/c21-18-3-1-2-15(14-18)8-9-22-19(24)16-4-6-17(7-5-16)20(25)23-10-12-26-13-11-23/h1-7,14H,8-13H2,(H,22,24). The van der Waals surface area contributed by atoms with Gasteiger partial charge in [0.15, 0.2) is 0 Å². The summed E-state index contributed by atoms with van der Waals surface area (Å²) in [6.45, 7) is 2.86. The summed E-state index contributed by atoms with van der Waals surface area (Å²) in [6.07, 6.45) is 0.708. The number of rotatable bonds is 5. The maximum Gasteiger partial charge on any atom is 0.254 e. The Kier molecular flexibility index (Phi) is 6.26. The van der Waals surface area contributed by atoms with Gasteiger partial charge >= 0.3 is 0 Å². The highest BCUT2D eigenvalue weighted by molar-refractivity contribution is 6.30. The van der Waals surface area contributed by atoms with Crippen LogP contribution in [0.1, 0.15) is 26.3 Å². The topological polar surface area (TPSA) is 58.6 Å². The molecule has 0 aromatic heterocycles. The first-order chi connectivity index (χ1) is 12.6. The van der Waals surface area contributed by atoms with Crippen LogP contribution in [0.15, 0.2) is 48.5 Å². The molecule has 0 radical (unpaired) electrons. The predicted molar refractivity (Wildman–Crippen MR) is 101 cm³/mol. The second-order valence-electron chi connectivity index (χ2n) is 6.12. The highest BCUT2D eigenvalue weighted by Gasteiger charge is 2.18. The zero-order chi connectivity index (χ0) is 18.4. The lowest BCUT2D eigenvalue weighted by atomic mass is 10.1. The van der Waals surface area contributed by atoms with E-state index >= 15 is 0 Å². The average molecular weight is 373 g/mol. The molecular weight excluding hydrogens is 352 g/mol. The van der Waals surface area contributed by atoms with Crippen LogP contribution in [0.25, 0.3) is 0 Å². The molecule has 1 fully saturated rings. The molecule has 1 heterocycles. The number of carbonyl (C=O) groups excluding carboxylic acids is 2. The number of nitrogens with one attached hydrogen (secondary N) is 1. The van der Waals surface area contributed by atoms with Crippen LogP contribution in [-0.2, 0) is 11.2 Å². The van der Waals surface area contributed by atoms with E-state index in [-0.39, 0.29) is 11.8 Å². The smallest absolute Gasteiger partial charge is 0.254 e. The van der Waals surface area contributed by atoms with Crippen LogP contribution >= 0.6 is 11.6 Å². The zero-order valence-corrected chi connectivity index (χ0v) is 15.2. The van der Waals surface area contributed by atoms with Crippen LogP contribution in [-0.4, -0.2) is 49.6 Å². The number of hydrogen-bond donors (Lipinski definition) is 1. The Balaban J connectivity index is 1.52. The summed E-state index contributed by atoms with van der Waals surface area (Å²) < 4.78 is 5.26. The van der Waals surface area contributed by atoms with Crippen LogP contribution in [0.5, 0.6) is 0 Å². The minimum absolute atomic E-state index is 0.0267. The summed E-state index contributed by atoms with van der Waals surface area (Å²) in [7, 11) is 0. The number of halogens is 1. The fraction of sp³-hybridized carbons (Fsp3) is 0.300. The van der Waals surface area contributed by atoms with Gasteiger partial charge in [-0.2, -0.15) is 0 Å². The van der Waals surface area contributed by atoms with Crippen molar-refractivity contribution in [3.63, 3.8) is 0 Å². The van der Waals surface area contributed by atoms with Gasteiger partial charge in [0, 0.05) is 35.8 Å². The third-order valence-corrected chi connectivity index (χ3v) is 4.52. The number of nitrogens with zero attached hydrogens (tertiary/aromatic N) is 1. The van der Waals surface area contributed by atoms with Gasteiger partial charge in [-0.3, -0.25) is 9.59 Å². The lowest BCUT2D eigenvalue weighted by molar-refractivity contribution is 0.0303. The number of hydrogen-bond acceptors (Lipinski definition) is 3. The normalized spacial score (nSPS) is 14.1. The van der Waals surface area contributed by atoms with Crippen molar-refractivity contribution in [1.29, 1.82) is 0 Å². The molecule has 5 nitrogen and oxygen atoms in total. The van der Waals surface area contributed by atoms with Gasteiger partial charge < -0.3 is 15.0 Å². The molecule has 6 heteroatoms. The molecule has 2 aromatic carbocycles. The lowest BCUT2D eigenvalue weighted by Gasteiger charge is -2.26. The van der Waals surface area contributed by atoms with Crippen molar-refractivity contribution >= 4 is 23.4 Å². The molecule has 3 rings (SSSR count). The molecule has 0 unspecified atom stereocenters. The van der Waals surface area contributed by atoms with Gasteiger partial charge in [0.2, 0.25) is 0 Å². The Labute approximate surface area is 157 Å². The maximum atomic E-state index is 12.4.